The fraction of sp³-hybridized carbons (Fsp3) is 0.579. The second-order valence-electron chi connectivity index (χ2n) is 6.70. The molecule has 150 valence electrons. The minimum Gasteiger partial charge on any atom is -0.452 e. The van der Waals surface area contributed by atoms with E-state index in [0.29, 0.717) is 12.1 Å². The fourth-order valence-corrected chi connectivity index (χ4v) is 4.37. The Hall–Kier alpha value is -1.93. The van der Waals surface area contributed by atoms with Crippen molar-refractivity contribution in [3.8, 4) is 0 Å². The van der Waals surface area contributed by atoms with Crippen molar-refractivity contribution < 1.29 is 22.7 Å². The summed E-state index contributed by atoms with van der Waals surface area (Å²) >= 11 is 0. The number of aryl methyl sites for hydroxylation is 1. The van der Waals surface area contributed by atoms with E-state index in [1.165, 1.54) is 12.1 Å². The normalized spacial score (nSPS) is 17.6. The molecule has 1 aromatic carbocycles. The van der Waals surface area contributed by atoms with Crippen molar-refractivity contribution in [2.45, 2.75) is 57.4 Å². The smallest absolute Gasteiger partial charge is 0.338 e. The molecule has 0 radical (unpaired) electrons. The van der Waals surface area contributed by atoms with Crippen molar-refractivity contribution in [1.29, 1.82) is 0 Å². The molecule has 1 amide bonds. The molecule has 0 aliphatic carbocycles. The molecule has 0 spiro atoms. The van der Waals surface area contributed by atoms with Gasteiger partial charge >= 0.3 is 5.97 Å². The number of esters is 1. The molecule has 1 aromatic rings. The maximum Gasteiger partial charge on any atom is 0.338 e. The third-order valence-electron chi connectivity index (χ3n) is 4.82. The lowest BCUT2D eigenvalue weighted by atomic mass is 10.00. The predicted molar refractivity (Wildman–Crippen MR) is 102 cm³/mol. The van der Waals surface area contributed by atoms with Crippen LogP contribution in [0.25, 0.3) is 0 Å². The molecule has 7 nitrogen and oxygen atoms in total. The van der Waals surface area contributed by atoms with Crippen molar-refractivity contribution in [2.24, 2.45) is 0 Å². The highest BCUT2D eigenvalue weighted by atomic mass is 32.2. The summed E-state index contributed by atoms with van der Waals surface area (Å²) in [5.74, 6) is -0.900. The van der Waals surface area contributed by atoms with Crippen LogP contribution in [0.1, 0.15) is 55.5 Å². The summed E-state index contributed by atoms with van der Waals surface area (Å²) in [6.45, 7) is 6.01. The lowest BCUT2D eigenvalue weighted by Gasteiger charge is -2.35. The molecule has 0 bridgehead atoms. The molecule has 1 N–H and O–H groups in total. The summed E-state index contributed by atoms with van der Waals surface area (Å²) in [6.07, 6.45) is 3.91. The van der Waals surface area contributed by atoms with Gasteiger partial charge in [0.2, 0.25) is 10.0 Å². The van der Waals surface area contributed by atoms with E-state index in [2.05, 4.69) is 4.72 Å². The summed E-state index contributed by atoms with van der Waals surface area (Å²) in [7, 11) is -3.68. The molecule has 1 heterocycles. The monoisotopic (exact) mass is 396 g/mol. The van der Waals surface area contributed by atoms with Crippen LogP contribution in [-0.4, -0.2) is 50.9 Å². The third-order valence-corrected chi connectivity index (χ3v) is 6.36. The summed E-state index contributed by atoms with van der Waals surface area (Å²) in [6, 6.07) is 4.48. The first-order chi connectivity index (χ1) is 12.8. The van der Waals surface area contributed by atoms with Crippen LogP contribution in [0.3, 0.4) is 0 Å². The molecule has 1 saturated heterocycles. The second kappa shape index (κ2) is 9.32. The first-order valence-electron chi connectivity index (χ1n) is 9.37. The molecule has 1 aliphatic rings. The van der Waals surface area contributed by atoms with Gasteiger partial charge in [-0.25, -0.2) is 17.9 Å². The number of hydrogen-bond acceptors (Lipinski definition) is 5. The Morgan fingerprint density at radius 1 is 1.26 bits per heavy atom. The van der Waals surface area contributed by atoms with Gasteiger partial charge in [0.05, 0.1) is 10.5 Å². The fourth-order valence-electron chi connectivity index (χ4n) is 3.30. The zero-order chi connectivity index (χ0) is 20.0. The van der Waals surface area contributed by atoms with Gasteiger partial charge in [0, 0.05) is 19.1 Å². The van der Waals surface area contributed by atoms with Crippen LogP contribution in [0.5, 0.6) is 0 Å². The summed E-state index contributed by atoms with van der Waals surface area (Å²) in [5, 5.41) is 0. The first kappa shape index (κ1) is 21.4. The molecule has 0 aromatic heterocycles. The number of sulfonamides is 1. The van der Waals surface area contributed by atoms with E-state index in [0.717, 1.165) is 25.7 Å². The molecular weight excluding hydrogens is 368 g/mol. The summed E-state index contributed by atoms with van der Waals surface area (Å²) in [5.41, 5.74) is 0.736. The van der Waals surface area contributed by atoms with Crippen molar-refractivity contribution >= 4 is 21.9 Å². The van der Waals surface area contributed by atoms with Crippen molar-refractivity contribution in [3.05, 3.63) is 29.3 Å². The van der Waals surface area contributed by atoms with Gasteiger partial charge in [-0.1, -0.05) is 19.9 Å². The first-order valence-corrected chi connectivity index (χ1v) is 10.8. The van der Waals surface area contributed by atoms with Crippen LogP contribution in [0.2, 0.25) is 0 Å². The van der Waals surface area contributed by atoms with E-state index in [1.807, 2.05) is 6.92 Å². The Morgan fingerprint density at radius 3 is 2.67 bits per heavy atom. The van der Waals surface area contributed by atoms with Crippen LogP contribution in [-0.2, 0) is 19.6 Å². The van der Waals surface area contributed by atoms with Gasteiger partial charge in [0.25, 0.3) is 5.91 Å². The largest absolute Gasteiger partial charge is 0.452 e. The highest BCUT2D eigenvalue weighted by molar-refractivity contribution is 7.89. The van der Waals surface area contributed by atoms with Crippen LogP contribution < -0.4 is 4.72 Å². The Kier molecular flexibility index (Phi) is 7.38. The number of nitrogens with one attached hydrogen (secondary N) is 1. The van der Waals surface area contributed by atoms with Gasteiger partial charge in [-0.15, -0.1) is 0 Å². The zero-order valence-corrected chi connectivity index (χ0v) is 17.0. The van der Waals surface area contributed by atoms with Gasteiger partial charge in [-0.3, -0.25) is 4.79 Å². The molecule has 1 atom stereocenters. The number of amides is 1. The number of benzene rings is 1. The van der Waals surface area contributed by atoms with Gasteiger partial charge in [-0.2, -0.15) is 0 Å². The Labute approximate surface area is 161 Å². The average molecular weight is 397 g/mol. The van der Waals surface area contributed by atoms with Crippen molar-refractivity contribution in [1.82, 2.24) is 9.62 Å². The number of carbonyl (C=O) groups is 2. The quantitative estimate of drug-likeness (QED) is 0.714. The molecule has 1 fully saturated rings. The standard InChI is InChI=1S/C19H28N2O5S/c1-4-15-8-6-7-11-21(15)18(22)13-26-19(23)17-12-16(10-9-14(17)3)27(24,25)20-5-2/h9-10,12,15,20H,4-8,11,13H2,1-3H3. The second-order valence-corrected chi connectivity index (χ2v) is 8.47. The molecule has 2 rings (SSSR count). The topological polar surface area (TPSA) is 92.8 Å². The van der Waals surface area contributed by atoms with Crippen LogP contribution in [0.15, 0.2) is 23.1 Å². The molecular formula is C19H28N2O5S. The summed E-state index contributed by atoms with van der Waals surface area (Å²) < 4.78 is 31.9. The summed E-state index contributed by atoms with van der Waals surface area (Å²) in [4.78, 5) is 26.7. The van der Waals surface area contributed by atoms with E-state index < -0.39 is 16.0 Å². The number of hydrogen-bond donors (Lipinski definition) is 1. The number of ether oxygens (including phenoxy) is 1. The molecule has 1 unspecified atom stereocenters. The van der Waals surface area contributed by atoms with Crippen LogP contribution in [0, 0.1) is 6.92 Å². The van der Waals surface area contributed by atoms with E-state index >= 15 is 0 Å². The molecule has 0 saturated carbocycles. The minimum absolute atomic E-state index is 0.00435. The van der Waals surface area contributed by atoms with E-state index in [-0.39, 0.29) is 35.6 Å². The van der Waals surface area contributed by atoms with Gasteiger partial charge < -0.3 is 9.64 Å². The Morgan fingerprint density at radius 2 is 2.00 bits per heavy atom. The van der Waals surface area contributed by atoms with Crippen LogP contribution >= 0.6 is 0 Å². The van der Waals surface area contributed by atoms with Crippen molar-refractivity contribution in [3.63, 3.8) is 0 Å². The SMILES string of the molecule is CCNS(=O)(=O)c1ccc(C)c(C(=O)OCC(=O)N2CCCCC2CC)c1. The van der Waals surface area contributed by atoms with Gasteiger partial charge in [0.1, 0.15) is 0 Å². The highest BCUT2D eigenvalue weighted by Gasteiger charge is 2.26. The van der Waals surface area contributed by atoms with E-state index in [1.54, 1.807) is 24.8 Å². The maximum absolute atomic E-state index is 12.4. The number of nitrogens with zero attached hydrogens (tertiary/aromatic N) is 1. The number of carbonyl (C=O) groups excluding carboxylic acids is 2. The molecule has 27 heavy (non-hydrogen) atoms. The molecule has 1 aliphatic heterocycles. The number of likely N-dealkylation sites (tertiary alicyclic amines) is 1. The highest BCUT2D eigenvalue weighted by Crippen LogP contribution is 2.20. The van der Waals surface area contributed by atoms with Crippen molar-refractivity contribution in [2.75, 3.05) is 19.7 Å². The van der Waals surface area contributed by atoms with Gasteiger partial charge in [-0.05, 0) is 50.3 Å². The third kappa shape index (κ3) is 5.29. The number of piperidine rings is 1. The van der Waals surface area contributed by atoms with Crippen LogP contribution in [0.4, 0.5) is 0 Å². The average Bonchev–Trinajstić information content (AvgIpc) is 2.65. The minimum atomic E-state index is -3.68. The van der Waals surface area contributed by atoms with Gasteiger partial charge in [0.15, 0.2) is 6.61 Å². The predicted octanol–water partition coefficient (Wildman–Crippen LogP) is 2.24. The van der Waals surface area contributed by atoms with E-state index in [4.69, 9.17) is 4.74 Å². The van der Waals surface area contributed by atoms with E-state index in [9.17, 15) is 18.0 Å². The zero-order valence-electron chi connectivity index (χ0n) is 16.2. The lowest BCUT2D eigenvalue weighted by molar-refractivity contribution is -0.138. The molecule has 8 heteroatoms. The Bertz CT molecular complexity index is 791. The maximum atomic E-state index is 12.4. The number of rotatable bonds is 7. The lowest BCUT2D eigenvalue weighted by Crippen LogP contribution is -2.45. The Balaban J connectivity index is 2.08.